The first-order valence-corrected chi connectivity index (χ1v) is 14.0. The Morgan fingerprint density at radius 1 is 1.05 bits per heavy atom. The molecule has 1 unspecified atom stereocenters. The van der Waals surface area contributed by atoms with Gasteiger partial charge in [-0.05, 0) is 50.6 Å². The molecule has 0 bridgehead atoms. The van der Waals surface area contributed by atoms with Crippen molar-refractivity contribution in [3.05, 3.63) is 81.5 Å². The summed E-state index contributed by atoms with van der Waals surface area (Å²) in [5, 5.41) is 4.30. The van der Waals surface area contributed by atoms with Gasteiger partial charge < -0.3 is 9.64 Å². The number of hydrogen-bond acceptors (Lipinski definition) is 6. The summed E-state index contributed by atoms with van der Waals surface area (Å²) in [6, 6.07) is 13.2. The number of aromatic nitrogens is 2. The van der Waals surface area contributed by atoms with E-state index in [-0.39, 0.29) is 31.1 Å². The van der Waals surface area contributed by atoms with Crippen LogP contribution in [0.2, 0.25) is 5.02 Å². The smallest absolute Gasteiger partial charge is 0.316 e. The summed E-state index contributed by atoms with van der Waals surface area (Å²) in [7, 11) is -3.38. The zero-order valence-electron chi connectivity index (χ0n) is 21.0. The van der Waals surface area contributed by atoms with E-state index in [9.17, 15) is 17.6 Å². The highest BCUT2D eigenvalue weighted by Crippen LogP contribution is 2.28. The van der Waals surface area contributed by atoms with Crippen molar-refractivity contribution in [2.75, 3.05) is 31.1 Å². The lowest BCUT2D eigenvalue weighted by atomic mass is 10.1. The van der Waals surface area contributed by atoms with E-state index in [4.69, 9.17) is 16.3 Å². The summed E-state index contributed by atoms with van der Waals surface area (Å²) >= 11 is 6.13. The highest BCUT2D eigenvalue weighted by molar-refractivity contribution is 7.89. The number of ether oxygens (including phenoxy) is 1. The van der Waals surface area contributed by atoms with Gasteiger partial charge in [0.25, 0.3) is 0 Å². The van der Waals surface area contributed by atoms with E-state index >= 15 is 0 Å². The third kappa shape index (κ3) is 5.97. The fraction of sp³-hybridized carbons (Fsp3) is 0.385. The summed E-state index contributed by atoms with van der Waals surface area (Å²) in [5.41, 5.74) is 0.930. The Labute approximate surface area is 221 Å². The zero-order valence-corrected chi connectivity index (χ0v) is 22.5. The van der Waals surface area contributed by atoms with Crippen LogP contribution in [0.5, 0.6) is 5.75 Å². The van der Waals surface area contributed by atoms with Crippen molar-refractivity contribution < 1.29 is 17.5 Å². The van der Waals surface area contributed by atoms with Gasteiger partial charge in [0.2, 0.25) is 15.8 Å². The van der Waals surface area contributed by atoms with Crippen LogP contribution in [0, 0.1) is 5.82 Å². The molecule has 2 heterocycles. The molecule has 198 valence electrons. The summed E-state index contributed by atoms with van der Waals surface area (Å²) < 4.78 is 48.3. The van der Waals surface area contributed by atoms with Crippen LogP contribution >= 0.6 is 11.6 Å². The van der Waals surface area contributed by atoms with E-state index in [0.29, 0.717) is 35.1 Å². The van der Waals surface area contributed by atoms with Gasteiger partial charge in [-0.15, -0.1) is 0 Å². The van der Waals surface area contributed by atoms with E-state index in [1.807, 2.05) is 4.90 Å². The second-order valence-corrected chi connectivity index (χ2v) is 12.2. The summed E-state index contributed by atoms with van der Waals surface area (Å²) in [4.78, 5) is 15.5. The van der Waals surface area contributed by atoms with E-state index in [1.54, 1.807) is 69.4 Å². The van der Waals surface area contributed by atoms with E-state index in [2.05, 4.69) is 5.10 Å². The predicted molar refractivity (Wildman–Crippen MR) is 143 cm³/mol. The summed E-state index contributed by atoms with van der Waals surface area (Å²) in [5.74, 6) is -0.272. The van der Waals surface area contributed by atoms with E-state index in [1.165, 1.54) is 15.1 Å². The maximum absolute atomic E-state index is 14.2. The number of nitrogens with zero attached hydrogens (tertiary/aromatic N) is 4. The molecule has 8 nitrogen and oxygen atoms in total. The SMILES string of the molecule is CC(Cc1ccccc1F)Oc1c(N2CCN(S(=O)(=O)C(C)C)CC2)cnn(-c2cccc(Cl)c2)c1=O. The Morgan fingerprint density at radius 3 is 2.41 bits per heavy atom. The second kappa shape index (κ2) is 11.2. The lowest BCUT2D eigenvalue weighted by Gasteiger charge is -2.36. The normalized spacial score (nSPS) is 15.7. The van der Waals surface area contributed by atoms with Gasteiger partial charge in [0, 0.05) is 37.6 Å². The molecule has 0 aliphatic carbocycles. The minimum absolute atomic E-state index is 0.0685. The van der Waals surface area contributed by atoms with Crippen LogP contribution in [0.15, 0.2) is 59.5 Å². The molecule has 4 rings (SSSR count). The van der Waals surface area contributed by atoms with Gasteiger partial charge in [0.15, 0.2) is 0 Å². The van der Waals surface area contributed by atoms with Crippen molar-refractivity contribution in [1.29, 1.82) is 0 Å². The fourth-order valence-electron chi connectivity index (χ4n) is 4.26. The molecule has 0 N–H and O–H groups in total. The molecule has 1 saturated heterocycles. The molecule has 1 fully saturated rings. The van der Waals surface area contributed by atoms with Gasteiger partial charge in [-0.25, -0.2) is 12.8 Å². The average molecular weight is 549 g/mol. The summed E-state index contributed by atoms with van der Waals surface area (Å²) in [6.45, 7) is 6.38. The molecule has 0 saturated carbocycles. The van der Waals surface area contributed by atoms with E-state index < -0.39 is 26.9 Å². The largest absolute Gasteiger partial charge is 0.483 e. The van der Waals surface area contributed by atoms with Crippen molar-refractivity contribution in [1.82, 2.24) is 14.1 Å². The Hall–Kier alpha value is -2.95. The van der Waals surface area contributed by atoms with Crippen LogP contribution in [-0.4, -0.2) is 60.0 Å². The second-order valence-electron chi connectivity index (χ2n) is 9.26. The minimum Gasteiger partial charge on any atom is -0.483 e. The number of rotatable bonds is 8. The lowest BCUT2D eigenvalue weighted by Crippen LogP contribution is -2.50. The number of sulfonamides is 1. The van der Waals surface area contributed by atoms with Crippen LogP contribution in [0.4, 0.5) is 10.1 Å². The average Bonchev–Trinajstić information content (AvgIpc) is 2.86. The Balaban J connectivity index is 1.67. The van der Waals surface area contributed by atoms with Crippen LogP contribution in [0.3, 0.4) is 0 Å². The maximum atomic E-state index is 14.2. The van der Waals surface area contributed by atoms with E-state index in [0.717, 1.165) is 0 Å². The van der Waals surface area contributed by atoms with Gasteiger partial charge in [0.05, 0.1) is 17.1 Å². The molecule has 1 atom stereocenters. The highest BCUT2D eigenvalue weighted by atomic mass is 35.5. The van der Waals surface area contributed by atoms with Gasteiger partial charge >= 0.3 is 5.56 Å². The van der Waals surface area contributed by atoms with Crippen molar-refractivity contribution in [3.63, 3.8) is 0 Å². The Bertz CT molecular complexity index is 1420. The van der Waals surface area contributed by atoms with Gasteiger partial charge in [-0.3, -0.25) is 4.79 Å². The van der Waals surface area contributed by atoms with Crippen molar-refractivity contribution in [2.45, 2.75) is 38.5 Å². The maximum Gasteiger partial charge on any atom is 0.316 e. The first kappa shape index (κ1) is 27.1. The Kier molecular flexibility index (Phi) is 8.20. The molecule has 1 aliphatic rings. The molecular weight excluding hydrogens is 519 g/mol. The molecule has 3 aromatic rings. The third-order valence-corrected chi connectivity index (χ3v) is 8.80. The summed E-state index contributed by atoms with van der Waals surface area (Å²) in [6.07, 6.45) is 1.27. The minimum atomic E-state index is -3.38. The highest BCUT2D eigenvalue weighted by Gasteiger charge is 2.31. The predicted octanol–water partition coefficient (Wildman–Crippen LogP) is 3.90. The molecular formula is C26H30ClFN4O4S. The molecule has 37 heavy (non-hydrogen) atoms. The number of piperazine rings is 1. The van der Waals surface area contributed by atoms with Crippen LogP contribution < -0.4 is 15.2 Å². The monoisotopic (exact) mass is 548 g/mol. The lowest BCUT2D eigenvalue weighted by molar-refractivity contribution is 0.216. The van der Waals surface area contributed by atoms with Crippen molar-refractivity contribution >= 4 is 27.3 Å². The number of halogens is 2. The third-order valence-electron chi connectivity index (χ3n) is 6.29. The molecule has 2 aromatic carbocycles. The van der Waals surface area contributed by atoms with Gasteiger partial charge in [-0.2, -0.15) is 14.1 Å². The molecule has 11 heteroatoms. The molecule has 0 amide bonds. The zero-order chi connectivity index (χ0) is 26.7. The molecule has 1 aliphatic heterocycles. The molecule has 0 radical (unpaired) electrons. The fourth-order valence-corrected chi connectivity index (χ4v) is 5.71. The number of benzene rings is 2. The first-order chi connectivity index (χ1) is 17.6. The Morgan fingerprint density at radius 2 is 1.76 bits per heavy atom. The van der Waals surface area contributed by atoms with Crippen LogP contribution in [-0.2, 0) is 16.4 Å². The van der Waals surface area contributed by atoms with Gasteiger partial charge in [-0.1, -0.05) is 35.9 Å². The number of hydrogen-bond donors (Lipinski definition) is 0. The quantitative estimate of drug-likeness (QED) is 0.424. The standard InChI is InChI=1S/C26H30ClFN4O4S/c1-18(2)37(34,35)31-13-11-30(12-14-31)24-17-29-32(22-9-6-8-21(27)16-22)26(33)25(24)36-19(3)15-20-7-4-5-10-23(20)28/h4-10,16-19H,11-15H2,1-3H3. The van der Waals surface area contributed by atoms with Crippen molar-refractivity contribution in [3.8, 4) is 11.4 Å². The molecule has 0 spiro atoms. The first-order valence-electron chi connectivity index (χ1n) is 12.1. The van der Waals surface area contributed by atoms with Crippen LogP contribution in [0.1, 0.15) is 26.3 Å². The number of anilines is 1. The van der Waals surface area contributed by atoms with Gasteiger partial charge in [0.1, 0.15) is 17.6 Å². The topological polar surface area (TPSA) is 84.7 Å². The van der Waals surface area contributed by atoms with Crippen LogP contribution in [0.25, 0.3) is 5.69 Å². The van der Waals surface area contributed by atoms with Crippen molar-refractivity contribution in [2.24, 2.45) is 0 Å². The molecule has 1 aromatic heterocycles.